The lowest BCUT2D eigenvalue weighted by Gasteiger charge is -2.32. The van der Waals surface area contributed by atoms with Gasteiger partial charge in [0.2, 0.25) is 0 Å². The van der Waals surface area contributed by atoms with E-state index in [9.17, 15) is 4.79 Å². The largest absolute Gasteiger partial charge is 0.398 e. The molecule has 1 saturated heterocycles. The molecular weight excluding hydrogens is 376 g/mol. The van der Waals surface area contributed by atoms with E-state index in [0.29, 0.717) is 17.4 Å². The van der Waals surface area contributed by atoms with E-state index in [-0.39, 0.29) is 11.4 Å². The van der Waals surface area contributed by atoms with Crippen molar-refractivity contribution < 1.29 is 0 Å². The van der Waals surface area contributed by atoms with Gasteiger partial charge in [0.15, 0.2) is 5.82 Å². The van der Waals surface area contributed by atoms with Crippen molar-refractivity contribution in [3.8, 4) is 11.3 Å². The van der Waals surface area contributed by atoms with E-state index in [0.717, 1.165) is 48.4 Å². The minimum absolute atomic E-state index is 0.186. The van der Waals surface area contributed by atoms with Crippen molar-refractivity contribution >= 4 is 22.9 Å². The first kappa shape index (κ1) is 20.0. The van der Waals surface area contributed by atoms with Crippen molar-refractivity contribution in [2.75, 3.05) is 29.0 Å². The van der Waals surface area contributed by atoms with Crippen molar-refractivity contribution in [2.24, 2.45) is 12.8 Å². The predicted molar refractivity (Wildman–Crippen MR) is 123 cm³/mol. The number of nitrogen functional groups attached to an aromatic ring is 1. The standard InChI is InChI=1S/C23H28N6O/c1-15-19(4-3-5-20(15)25)21-14-28(2)23(30)22(27-21)26-17-6-8-18(9-7-17)29-12-10-16(24)11-13-29/h3-9,14,16H,10-13,24-25H2,1-2H3,(H,26,27). The highest BCUT2D eigenvalue weighted by molar-refractivity contribution is 5.71. The third kappa shape index (κ3) is 4.02. The van der Waals surface area contributed by atoms with Gasteiger partial charge in [-0.2, -0.15) is 0 Å². The number of nitrogens with zero attached hydrogens (tertiary/aromatic N) is 3. The van der Waals surface area contributed by atoms with Crippen LogP contribution >= 0.6 is 0 Å². The molecule has 7 nitrogen and oxygen atoms in total. The Morgan fingerprint density at radius 1 is 1.10 bits per heavy atom. The summed E-state index contributed by atoms with van der Waals surface area (Å²) in [5.41, 5.74) is 17.1. The maximum absolute atomic E-state index is 12.6. The first-order valence-electron chi connectivity index (χ1n) is 10.2. The van der Waals surface area contributed by atoms with Gasteiger partial charge in [0, 0.05) is 55.0 Å². The van der Waals surface area contributed by atoms with Crippen LogP contribution in [0.2, 0.25) is 0 Å². The summed E-state index contributed by atoms with van der Waals surface area (Å²) in [6.45, 7) is 3.89. The number of piperidine rings is 1. The fraction of sp³-hybridized carbons (Fsp3) is 0.304. The van der Waals surface area contributed by atoms with Crippen LogP contribution in [-0.2, 0) is 7.05 Å². The highest BCUT2D eigenvalue weighted by atomic mass is 16.1. The molecule has 7 heteroatoms. The third-order valence-electron chi connectivity index (χ3n) is 5.76. The monoisotopic (exact) mass is 404 g/mol. The summed E-state index contributed by atoms with van der Waals surface area (Å²) in [6.07, 6.45) is 3.76. The molecule has 1 aliphatic heterocycles. The summed E-state index contributed by atoms with van der Waals surface area (Å²) in [5.74, 6) is 0.286. The predicted octanol–water partition coefficient (Wildman–Crippen LogP) is 3.01. The molecule has 0 radical (unpaired) electrons. The summed E-state index contributed by atoms with van der Waals surface area (Å²) < 4.78 is 1.54. The minimum atomic E-state index is -0.186. The van der Waals surface area contributed by atoms with Gasteiger partial charge >= 0.3 is 0 Å². The fourth-order valence-electron chi connectivity index (χ4n) is 3.80. The highest BCUT2D eigenvalue weighted by Crippen LogP contribution is 2.27. The van der Waals surface area contributed by atoms with Crippen molar-refractivity contribution in [3.05, 3.63) is 64.6 Å². The van der Waals surface area contributed by atoms with Crippen LogP contribution in [0.3, 0.4) is 0 Å². The third-order valence-corrected chi connectivity index (χ3v) is 5.76. The summed E-state index contributed by atoms with van der Waals surface area (Å²) in [4.78, 5) is 19.6. The molecule has 4 rings (SSSR count). The van der Waals surface area contributed by atoms with E-state index in [4.69, 9.17) is 11.5 Å². The van der Waals surface area contributed by atoms with Crippen LogP contribution in [0.15, 0.2) is 53.5 Å². The summed E-state index contributed by atoms with van der Waals surface area (Å²) in [5, 5.41) is 3.18. The summed E-state index contributed by atoms with van der Waals surface area (Å²) in [7, 11) is 1.73. The fourth-order valence-corrected chi connectivity index (χ4v) is 3.80. The Kier molecular flexibility index (Phi) is 5.46. The Labute approximate surface area is 176 Å². The van der Waals surface area contributed by atoms with E-state index in [1.165, 1.54) is 0 Å². The van der Waals surface area contributed by atoms with E-state index in [1.807, 2.05) is 37.3 Å². The van der Waals surface area contributed by atoms with Gasteiger partial charge in [-0.1, -0.05) is 12.1 Å². The quantitative estimate of drug-likeness (QED) is 0.578. The summed E-state index contributed by atoms with van der Waals surface area (Å²) >= 11 is 0. The number of anilines is 4. The smallest absolute Gasteiger partial charge is 0.293 e. The Morgan fingerprint density at radius 3 is 2.50 bits per heavy atom. The molecule has 1 aliphatic rings. The topological polar surface area (TPSA) is 102 Å². The molecule has 1 fully saturated rings. The molecule has 0 amide bonds. The average Bonchev–Trinajstić information content (AvgIpc) is 2.74. The van der Waals surface area contributed by atoms with E-state index in [1.54, 1.807) is 17.8 Å². The van der Waals surface area contributed by atoms with Crippen LogP contribution < -0.4 is 27.2 Å². The SMILES string of the molecule is Cc1c(N)cccc1-c1cn(C)c(=O)c(Nc2ccc(N3CCC(N)CC3)cc2)n1. The molecule has 0 spiro atoms. The zero-order chi connectivity index (χ0) is 21.3. The van der Waals surface area contributed by atoms with Gasteiger partial charge < -0.3 is 26.3 Å². The molecule has 0 saturated carbocycles. The lowest BCUT2D eigenvalue weighted by molar-refractivity contribution is 0.501. The second-order valence-electron chi connectivity index (χ2n) is 7.91. The van der Waals surface area contributed by atoms with Gasteiger partial charge in [0.25, 0.3) is 5.56 Å². The molecule has 0 bridgehead atoms. The molecule has 5 N–H and O–H groups in total. The normalized spacial score (nSPS) is 14.7. The van der Waals surface area contributed by atoms with Gasteiger partial charge in [-0.3, -0.25) is 4.79 Å². The number of aromatic nitrogens is 2. The molecule has 0 atom stereocenters. The van der Waals surface area contributed by atoms with Crippen molar-refractivity contribution in [2.45, 2.75) is 25.8 Å². The Bertz CT molecular complexity index is 1100. The van der Waals surface area contributed by atoms with Crippen molar-refractivity contribution in [3.63, 3.8) is 0 Å². The first-order valence-corrected chi connectivity index (χ1v) is 10.2. The number of aryl methyl sites for hydroxylation is 1. The van der Waals surface area contributed by atoms with Crippen LogP contribution in [0.4, 0.5) is 22.9 Å². The minimum Gasteiger partial charge on any atom is -0.398 e. The zero-order valence-electron chi connectivity index (χ0n) is 17.4. The van der Waals surface area contributed by atoms with Crippen LogP contribution in [-0.4, -0.2) is 28.7 Å². The number of nitrogens with one attached hydrogen (secondary N) is 1. The molecule has 0 aliphatic carbocycles. The first-order chi connectivity index (χ1) is 14.4. The number of rotatable bonds is 4. The van der Waals surface area contributed by atoms with Gasteiger partial charge in [-0.05, 0) is 55.7 Å². The van der Waals surface area contributed by atoms with Crippen LogP contribution in [0, 0.1) is 6.92 Å². The van der Waals surface area contributed by atoms with Gasteiger partial charge in [0.1, 0.15) is 0 Å². The lowest BCUT2D eigenvalue weighted by atomic mass is 10.0. The Morgan fingerprint density at radius 2 is 1.80 bits per heavy atom. The van der Waals surface area contributed by atoms with Crippen molar-refractivity contribution in [1.29, 1.82) is 0 Å². The molecule has 1 aromatic heterocycles. The van der Waals surface area contributed by atoms with Crippen LogP contribution in [0.1, 0.15) is 18.4 Å². The highest BCUT2D eigenvalue weighted by Gasteiger charge is 2.16. The lowest BCUT2D eigenvalue weighted by Crippen LogP contribution is -2.39. The second-order valence-corrected chi connectivity index (χ2v) is 7.91. The number of hydrogen-bond donors (Lipinski definition) is 3. The Balaban J connectivity index is 1.59. The molecule has 0 unspecified atom stereocenters. The summed E-state index contributed by atoms with van der Waals surface area (Å²) in [6, 6.07) is 14.1. The zero-order valence-corrected chi connectivity index (χ0v) is 17.4. The molecule has 3 aromatic rings. The molecular formula is C23H28N6O. The molecule has 2 aromatic carbocycles. The number of hydrogen-bond acceptors (Lipinski definition) is 6. The number of benzene rings is 2. The van der Waals surface area contributed by atoms with Crippen LogP contribution in [0.5, 0.6) is 0 Å². The van der Waals surface area contributed by atoms with E-state index in [2.05, 4.69) is 27.3 Å². The maximum Gasteiger partial charge on any atom is 0.293 e. The van der Waals surface area contributed by atoms with Gasteiger partial charge in [-0.15, -0.1) is 0 Å². The molecule has 30 heavy (non-hydrogen) atoms. The van der Waals surface area contributed by atoms with E-state index < -0.39 is 0 Å². The molecule has 156 valence electrons. The maximum atomic E-state index is 12.6. The molecule has 2 heterocycles. The van der Waals surface area contributed by atoms with Gasteiger partial charge in [0.05, 0.1) is 5.69 Å². The second kappa shape index (κ2) is 8.20. The van der Waals surface area contributed by atoms with Gasteiger partial charge in [-0.25, -0.2) is 4.98 Å². The van der Waals surface area contributed by atoms with Crippen molar-refractivity contribution in [1.82, 2.24) is 9.55 Å². The average molecular weight is 405 g/mol. The van der Waals surface area contributed by atoms with E-state index >= 15 is 0 Å². The van der Waals surface area contributed by atoms with Crippen LogP contribution in [0.25, 0.3) is 11.3 Å². The number of nitrogens with two attached hydrogens (primary N) is 2. The Hall–Kier alpha value is -3.32.